The zero-order chi connectivity index (χ0) is 13.9. The Hall–Kier alpha value is -1.75. The van der Waals surface area contributed by atoms with Crippen molar-refractivity contribution < 1.29 is 19.0 Å². The molecule has 2 aliphatic rings. The Morgan fingerprint density at radius 2 is 1.95 bits per heavy atom. The fourth-order valence-electron chi connectivity index (χ4n) is 2.78. The molecule has 0 bridgehead atoms. The number of benzene rings is 1. The van der Waals surface area contributed by atoms with E-state index in [4.69, 9.17) is 14.2 Å². The Labute approximate surface area is 118 Å². The number of carbonyl (C=O) groups is 1. The van der Waals surface area contributed by atoms with E-state index in [2.05, 4.69) is 5.32 Å². The van der Waals surface area contributed by atoms with E-state index < -0.39 is 0 Å². The first kappa shape index (κ1) is 13.2. The standard InChI is InChI=1S/C15H19NO4/c1-18-12-5-2-10(3-6-12)15(17)16-11-4-7-13-14(8-11)20-9-19-13/h4,7-8,10,12H,2-3,5-6,9H2,1H3,(H,16,17). The van der Waals surface area contributed by atoms with Gasteiger partial charge in [-0.1, -0.05) is 0 Å². The molecule has 1 aliphatic carbocycles. The number of methoxy groups -OCH3 is 1. The van der Waals surface area contributed by atoms with Gasteiger partial charge < -0.3 is 19.5 Å². The first-order valence-corrected chi connectivity index (χ1v) is 6.99. The van der Waals surface area contributed by atoms with Crippen molar-refractivity contribution in [3.63, 3.8) is 0 Å². The van der Waals surface area contributed by atoms with Crippen LogP contribution in [0.15, 0.2) is 18.2 Å². The van der Waals surface area contributed by atoms with Gasteiger partial charge in [-0.3, -0.25) is 4.79 Å². The summed E-state index contributed by atoms with van der Waals surface area (Å²) in [5.74, 6) is 1.57. The molecule has 1 N–H and O–H groups in total. The first-order valence-electron chi connectivity index (χ1n) is 6.99. The number of hydrogen-bond acceptors (Lipinski definition) is 4. The Morgan fingerprint density at radius 3 is 2.70 bits per heavy atom. The minimum atomic E-state index is 0.0758. The van der Waals surface area contributed by atoms with Gasteiger partial charge in [0.15, 0.2) is 11.5 Å². The van der Waals surface area contributed by atoms with Crippen molar-refractivity contribution in [2.24, 2.45) is 5.92 Å². The molecule has 3 rings (SSSR count). The van der Waals surface area contributed by atoms with Gasteiger partial charge in [0.05, 0.1) is 6.10 Å². The summed E-state index contributed by atoms with van der Waals surface area (Å²) in [6.07, 6.45) is 3.99. The van der Waals surface area contributed by atoms with Crippen LogP contribution in [-0.2, 0) is 9.53 Å². The number of rotatable bonds is 3. The maximum absolute atomic E-state index is 12.2. The van der Waals surface area contributed by atoms with E-state index in [-0.39, 0.29) is 18.6 Å². The van der Waals surface area contributed by atoms with Crippen molar-refractivity contribution in [3.8, 4) is 11.5 Å². The monoisotopic (exact) mass is 277 g/mol. The van der Waals surface area contributed by atoms with Crippen LogP contribution in [-0.4, -0.2) is 25.9 Å². The largest absolute Gasteiger partial charge is 0.454 e. The molecule has 1 saturated carbocycles. The van der Waals surface area contributed by atoms with Crippen LogP contribution < -0.4 is 14.8 Å². The normalized spacial score (nSPS) is 24.4. The van der Waals surface area contributed by atoms with E-state index in [1.807, 2.05) is 12.1 Å². The van der Waals surface area contributed by atoms with Gasteiger partial charge >= 0.3 is 0 Å². The summed E-state index contributed by atoms with van der Waals surface area (Å²) >= 11 is 0. The van der Waals surface area contributed by atoms with Gasteiger partial charge in [0, 0.05) is 24.8 Å². The summed E-state index contributed by atoms with van der Waals surface area (Å²) in [6, 6.07) is 5.47. The summed E-state index contributed by atoms with van der Waals surface area (Å²) in [5.41, 5.74) is 0.758. The van der Waals surface area contributed by atoms with Gasteiger partial charge in [-0.15, -0.1) is 0 Å². The number of hydrogen-bond donors (Lipinski definition) is 1. The lowest BCUT2D eigenvalue weighted by molar-refractivity contribution is -0.121. The summed E-state index contributed by atoms with van der Waals surface area (Å²) in [6.45, 7) is 0.244. The summed E-state index contributed by atoms with van der Waals surface area (Å²) < 4.78 is 15.9. The molecular formula is C15H19NO4. The molecule has 0 saturated heterocycles. The molecule has 108 valence electrons. The fraction of sp³-hybridized carbons (Fsp3) is 0.533. The quantitative estimate of drug-likeness (QED) is 0.922. The van der Waals surface area contributed by atoms with E-state index >= 15 is 0 Å². The lowest BCUT2D eigenvalue weighted by Gasteiger charge is -2.26. The molecule has 1 amide bonds. The van der Waals surface area contributed by atoms with Gasteiger partial charge in [-0.2, -0.15) is 0 Å². The summed E-state index contributed by atoms with van der Waals surface area (Å²) in [4.78, 5) is 12.2. The highest BCUT2D eigenvalue weighted by molar-refractivity contribution is 5.92. The molecule has 5 nitrogen and oxygen atoms in total. The van der Waals surface area contributed by atoms with E-state index in [0.29, 0.717) is 11.9 Å². The van der Waals surface area contributed by atoms with Crippen LogP contribution in [0.3, 0.4) is 0 Å². The van der Waals surface area contributed by atoms with Crippen LogP contribution in [0.5, 0.6) is 11.5 Å². The summed E-state index contributed by atoms with van der Waals surface area (Å²) in [5, 5.41) is 2.96. The average Bonchev–Trinajstić information content (AvgIpc) is 2.95. The molecule has 20 heavy (non-hydrogen) atoms. The fourth-order valence-corrected chi connectivity index (χ4v) is 2.78. The van der Waals surface area contributed by atoms with Crippen molar-refractivity contribution in [2.75, 3.05) is 19.2 Å². The molecule has 0 unspecified atom stereocenters. The second kappa shape index (κ2) is 5.71. The molecule has 1 aliphatic heterocycles. The molecule has 1 heterocycles. The van der Waals surface area contributed by atoms with Gasteiger partial charge in [0.25, 0.3) is 0 Å². The highest BCUT2D eigenvalue weighted by Gasteiger charge is 2.26. The molecule has 0 aromatic heterocycles. The highest BCUT2D eigenvalue weighted by Crippen LogP contribution is 2.34. The van der Waals surface area contributed by atoms with Crippen molar-refractivity contribution in [1.82, 2.24) is 0 Å². The van der Waals surface area contributed by atoms with Crippen LogP contribution in [0.2, 0.25) is 0 Å². The van der Waals surface area contributed by atoms with Gasteiger partial charge in [-0.25, -0.2) is 0 Å². The molecule has 0 radical (unpaired) electrons. The Bertz CT molecular complexity index is 495. The Balaban J connectivity index is 1.59. The van der Waals surface area contributed by atoms with E-state index in [1.165, 1.54) is 0 Å². The highest BCUT2D eigenvalue weighted by atomic mass is 16.7. The smallest absolute Gasteiger partial charge is 0.231 e. The predicted octanol–water partition coefficient (Wildman–Crippen LogP) is 2.56. The SMILES string of the molecule is COC1CCC(C(=O)Nc2ccc3c(c2)OCO3)CC1. The number of fused-ring (bicyclic) bond motifs is 1. The maximum Gasteiger partial charge on any atom is 0.231 e. The van der Waals surface area contributed by atoms with Crippen molar-refractivity contribution in [1.29, 1.82) is 0 Å². The zero-order valence-corrected chi connectivity index (χ0v) is 11.6. The molecule has 5 heteroatoms. The lowest BCUT2D eigenvalue weighted by Crippen LogP contribution is -2.29. The third kappa shape index (κ3) is 2.72. The second-order valence-corrected chi connectivity index (χ2v) is 5.27. The van der Waals surface area contributed by atoms with E-state index in [9.17, 15) is 4.79 Å². The van der Waals surface area contributed by atoms with Crippen molar-refractivity contribution in [2.45, 2.75) is 31.8 Å². The topological polar surface area (TPSA) is 56.8 Å². The predicted molar refractivity (Wildman–Crippen MR) is 73.9 cm³/mol. The van der Waals surface area contributed by atoms with Crippen LogP contribution >= 0.6 is 0 Å². The third-order valence-corrected chi connectivity index (χ3v) is 4.02. The molecule has 0 atom stereocenters. The minimum absolute atomic E-state index is 0.0758. The van der Waals surface area contributed by atoms with Crippen LogP contribution in [0, 0.1) is 5.92 Å². The summed E-state index contributed by atoms with van der Waals surface area (Å²) in [7, 11) is 1.73. The van der Waals surface area contributed by atoms with Gasteiger partial charge in [0.2, 0.25) is 12.7 Å². The van der Waals surface area contributed by atoms with Crippen LogP contribution in [0.25, 0.3) is 0 Å². The number of amides is 1. The number of nitrogens with one attached hydrogen (secondary N) is 1. The molecule has 1 aromatic rings. The molecular weight excluding hydrogens is 258 g/mol. The lowest BCUT2D eigenvalue weighted by atomic mass is 9.87. The molecule has 1 fully saturated rings. The number of anilines is 1. The van der Waals surface area contributed by atoms with Crippen molar-refractivity contribution in [3.05, 3.63) is 18.2 Å². The van der Waals surface area contributed by atoms with E-state index in [0.717, 1.165) is 37.1 Å². The number of ether oxygens (including phenoxy) is 3. The number of carbonyl (C=O) groups excluding carboxylic acids is 1. The molecule has 0 spiro atoms. The Kier molecular flexibility index (Phi) is 3.78. The zero-order valence-electron chi connectivity index (χ0n) is 11.6. The molecule has 1 aromatic carbocycles. The van der Waals surface area contributed by atoms with Crippen LogP contribution in [0.1, 0.15) is 25.7 Å². The third-order valence-electron chi connectivity index (χ3n) is 4.02. The Morgan fingerprint density at radius 1 is 1.20 bits per heavy atom. The van der Waals surface area contributed by atoms with Gasteiger partial charge in [-0.05, 0) is 37.8 Å². The first-order chi connectivity index (χ1) is 9.76. The van der Waals surface area contributed by atoms with Crippen LogP contribution in [0.4, 0.5) is 5.69 Å². The van der Waals surface area contributed by atoms with E-state index in [1.54, 1.807) is 13.2 Å². The second-order valence-electron chi connectivity index (χ2n) is 5.27. The van der Waals surface area contributed by atoms with Gasteiger partial charge in [0.1, 0.15) is 0 Å². The minimum Gasteiger partial charge on any atom is -0.454 e. The average molecular weight is 277 g/mol. The van der Waals surface area contributed by atoms with Crippen molar-refractivity contribution >= 4 is 11.6 Å². The maximum atomic E-state index is 12.2.